The quantitative estimate of drug-likeness (QED) is 0.890. The molecule has 0 spiro atoms. The third-order valence-corrected chi connectivity index (χ3v) is 5.04. The van der Waals surface area contributed by atoms with E-state index in [1.165, 1.54) is 24.5 Å². The van der Waals surface area contributed by atoms with Gasteiger partial charge in [0.05, 0.1) is 15.7 Å². The maximum absolute atomic E-state index is 13.9. The predicted octanol–water partition coefficient (Wildman–Crippen LogP) is 2.45. The van der Waals surface area contributed by atoms with E-state index in [9.17, 15) is 18.2 Å². The van der Waals surface area contributed by atoms with E-state index in [0.29, 0.717) is 13.1 Å². The maximum Gasteiger partial charge on any atom is 0.274 e. The molecular weight excluding hydrogens is 357 g/mol. The van der Waals surface area contributed by atoms with Crippen LogP contribution in [0.25, 0.3) is 0 Å². The zero-order valence-electron chi connectivity index (χ0n) is 14.2. The fourth-order valence-electron chi connectivity index (χ4n) is 2.77. The summed E-state index contributed by atoms with van der Waals surface area (Å²) in [6, 6.07) is 8.59. The molecule has 1 saturated heterocycles. The van der Waals surface area contributed by atoms with Crippen molar-refractivity contribution in [2.45, 2.75) is 17.7 Å². The van der Waals surface area contributed by atoms with E-state index in [0.717, 1.165) is 18.9 Å². The summed E-state index contributed by atoms with van der Waals surface area (Å²) in [4.78, 5) is 30.7. The number of rotatable bonds is 4. The Hall–Kier alpha value is -2.61. The second kappa shape index (κ2) is 7.74. The number of likely N-dealkylation sites (tertiary alicyclic amines) is 1. The van der Waals surface area contributed by atoms with Crippen LogP contribution in [0.1, 0.15) is 33.8 Å². The summed E-state index contributed by atoms with van der Waals surface area (Å²) >= 11 is 0. The lowest BCUT2D eigenvalue weighted by atomic mass is 10.2. The van der Waals surface area contributed by atoms with Crippen LogP contribution in [0.15, 0.2) is 41.3 Å². The summed E-state index contributed by atoms with van der Waals surface area (Å²) in [5.41, 5.74) is 0.501. The summed E-state index contributed by atoms with van der Waals surface area (Å²) in [6.45, 7) is 1.39. The second-order valence-corrected chi connectivity index (χ2v) is 7.31. The number of aromatic nitrogens is 1. The van der Waals surface area contributed by atoms with Gasteiger partial charge in [-0.1, -0.05) is 6.07 Å². The number of hydrogen-bond acceptors (Lipinski definition) is 4. The molecule has 2 amide bonds. The lowest BCUT2D eigenvalue weighted by molar-refractivity contribution is 0.0787. The maximum atomic E-state index is 13.9. The third kappa shape index (κ3) is 3.96. The number of anilines is 1. The largest absolute Gasteiger partial charge is 0.337 e. The molecule has 1 aliphatic rings. The number of hydrogen-bond donors (Lipinski definition) is 1. The summed E-state index contributed by atoms with van der Waals surface area (Å²) in [5, 5.41) is 2.54. The highest BCUT2D eigenvalue weighted by molar-refractivity contribution is 7.84. The Bertz CT molecular complexity index is 882. The molecule has 1 fully saturated rings. The Morgan fingerprint density at radius 2 is 1.85 bits per heavy atom. The molecule has 1 atom stereocenters. The molecule has 6 nitrogen and oxygen atoms in total. The van der Waals surface area contributed by atoms with Crippen LogP contribution in [0.3, 0.4) is 0 Å². The Labute approximate surface area is 152 Å². The normalized spacial score (nSPS) is 14.9. The van der Waals surface area contributed by atoms with Crippen LogP contribution in [-0.2, 0) is 10.8 Å². The van der Waals surface area contributed by atoms with Crippen LogP contribution in [0.2, 0.25) is 0 Å². The molecule has 1 aromatic heterocycles. The van der Waals surface area contributed by atoms with Gasteiger partial charge in [-0.05, 0) is 43.2 Å². The molecular formula is C18H18FN3O3S. The van der Waals surface area contributed by atoms with Gasteiger partial charge in [0, 0.05) is 25.0 Å². The average molecular weight is 375 g/mol. The van der Waals surface area contributed by atoms with Crippen molar-refractivity contribution in [2.24, 2.45) is 0 Å². The van der Waals surface area contributed by atoms with Crippen LogP contribution >= 0.6 is 0 Å². The standard InChI is InChI=1S/C18H18FN3O3S/c1-26(25)16-8-7-12(11-13(16)19)20-17(23)14-5-4-6-15(21-14)18(24)22-9-2-3-10-22/h4-8,11H,2-3,9-10H2,1H3,(H,20,23)/t26-/m0/s1. The fourth-order valence-corrected chi connectivity index (χ4v) is 3.36. The number of nitrogens with one attached hydrogen (secondary N) is 1. The number of amides is 2. The predicted molar refractivity (Wildman–Crippen MR) is 96.1 cm³/mol. The van der Waals surface area contributed by atoms with Gasteiger partial charge in [0.15, 0.2) is 0 Å². The minimum Gasteiger partial charge on any atom is -0.337 e. The second-order valence-electron chi connectivity index (χ2n) is 5.96. The molecule has 26 heavy (non-hydrogen) atoms. The van der Waals surface area contributed by atoms with Crippen molar-refractivity contribution in [3.8, 4) is 0 Å². The average Bonchev–Trinajstić information content (AvgIpc) is 3.15. The van der Waals surface area contributed by atoms with Gasteiger partial charge >= 0.3 is 0 Å². The lowest BCUT2D eigenvalue weighted by Gasteiger charge is -2.14. The van der Waals surface area contributed by atoms with Crippen LogP contribution in [0.4, 0.5) is 10.1 Å². The Morgan fingerprint density at radius 1 is 1.15 bits per heavy atom. The third-order valence-electron chi connectivity index (χ3n) is 4.09. The zero-order valence-corrected chi connectivity index (χ0v) is 15.0. The molecule has 136 valence electrons. The molecule has 1 N–H and O–H groups in total. The van der Waals surface area contributed by atoms with E-state index < -0.39 is 22.5 Å². The van der Waals surface area contributed by atoms with Crippen molar-refractivity contribution in [3.63, 3.8) is 0 Å². The molecule has 0 bridgehead atoms. The highest BCUT2D eigenvalue weighted by atomic mass is 32.2. The summed E-state index contributed by atoms with van der Waals surface area (Å²) in [5.74, 6) is -1.40. The van der Waals surface area contributed by atoms with Gasteiger partial charge in [-0.25, -0.2) is 9.37 Å². The summed E-state index contributed by atoms with van der Waals surface area (Å²) in [7, 11) is -1.45. The lowest BCUT2D eigenvalue weighted by Crippen LogP contribution is -2.29. The number of halogens is 1. The van der Waals surface area contributed by atoms with Crippen molar-refractivity contribution < 1.29 is 18.2 Å². The summed E-state index contributed by atoms with van der Waals surface area (Å²) in [6.07, 6.45) is 3.31. The van der Waals surface area contributed by atoms with Crippen molar-refractivity contribution in [2.75, 3.05) is 24.7 Å². The molecule has 0 unspecified atom stereocenters. The number of pyridine rings is 1. The molecule has 1 aromatic carbocycles. The first-order valence-electron chi connectivity index (χ1n) is 8.16. The van der Waals surface area contributed by atoms with Crippen LogP contribution in [0, 0.1) is 5.82 Å². The van der Waals surface area contributed by atoms with Crippen LogP contribution in [0.5, 0.6) is 0 Å². The van der Waals surface area contributed by atoms with Crippen molar-refractivity contribution in [1.29, 1.82) is 0 Å². The van der Waals surface area contributed by atoms with E-state index in [1.807, 2.05) is 0 Å². The Balaban J connectivity index is 1.76. The van der Waals surface area contributed by atoms with Gasteiger partial charge in [-0.15, -0.1) is 0 Å². The zero-order chi connectivity index (χ0) is 18.7. The number of benzene rings is 1. The molecule has 1 aliphatic heterocycles. The fraction of sp³-hybridized carbons (Fsp3) is 0.278. The van der Waals surface area contributed by atoms with E-state index in [1.54, 1.807) is 17.0 Å². The first kappa shape index (κ1) is 18.2. The highest BCUT2D eigenvalue weighted by Crippen LogP contribution is 2.18. The SMILES string of the molecule is C[S@](=O)c1ccc(NC(=O)c2cccc(C(=O)N3CCCC3)n2)cc1F. The number of carbonyl (C=O) groups excluding carboxylic acids is 2. The Kier molecular flexibility index (Phi) is 5.41. The van der Waals surface area contributed by atoms with Crippen molar-refractivity contribution >= 4 is 28.3 Å². The van der Waals surface area contributed by atoms with Gasteiger partial charge in [-0.3, -0.25) is 13.8 Å². The minimum atomic E-state index is -1.45. The molecule has 0 saturated carbocycles. The van der Waals surface area contributed by atoms with Crippen LogP contribution < -0.4 is 5.32 Å². The van der Waals surface area contributed by atoms with Gasteiger partial charge in [0.25, 0.3) is 11.8 Å². The monoisotopic (exact) mass is 375 g/mol. The molecule has 0 aliphatic carbocycles. The Morgan fingerprint density at radius 3 is 2.50 bits per heavy atom. The number of carbonyl (C=O) groups is 2. The summed E-state index contributed by atoms with van der Waals surface area (Å²) < 4.78 is 25.3. The van der Waals surface area contributed by atoms with Gasteiger partial charge in [0.1, 0.15) is 17.2 Å². The highest BCUT2D eigenvalue weighted by Gasteiger charge is 2.21. The van der Waals surface area contributed by atoms with E-state index in [4.69, 9.17) is 0 Å². The van der Waals surface area contributed by atoms with Crippen LogP contribution in [-0.4, -0.2) is 45.3 Å². The van der Waals surface area contributed by atoms with Crippen molar-refractivity contribution in [3.05, 3.63) is 53.6 Å². The molecule has 2 aromatic rings. The topological polar surface area (TPSA) is 79.4 Å². The van der Waals surface area contributed by atoms with Crippen molar-refractivity contribution in [1.82, 2.24) is 9.88 Å². The van der Waals surface area contributed by atoms with E-state index >= 15 is 0 Å². The smallest absolute Gasteiger partial charge is 0.274 e. The van der Waals surface area contributed by atoms with Gasteiger partial charge in [-0.2, -0.15) is 0 Å². The van der Waals surface area contributed by atoms with Gasteiger partial charge < -0.3 is 10.2 Å². The minimum absolute atomic E-state index is 0.0681. The van der Waals surface area contributed by atoms with E-state index in [2.05, 4.69) is 10.3 Å². The molecule has 3 rings (SSSR count). The molecule has 8 heteroatoms. The first-order chi connectivity index (χ1) is 12.5. The molecule has 0 radical (unpaired) electrons. The molecule has 2 heterocycles. The van der Waals surface area contributed by atoms with Gasteiger partial charge in [0.2, 0.25) is 0 Å². The van der Waals surface area contributed by atoms with E-state index in [-0.39, 0.29) is 27.9 Å². The number of nitrogens with zero attached hydrogens (tertiary/aromatic N) is 2. The first-order valence-corrected chi connectivity index (χ1v) is 9.72.